The second kappa shape index (κ2) is 12.9. The normalized spacial score (nSPS) is 10.8. The van der Waals surface area contributed by atoms with Crippen molar-refractivity contribution in [3.63, 3.8) is 0 Å². The Morgan fingerprint density at radius 3 is 2.03 bits per heavy atom. The van der Waals surface area contributed by atoms with Gasteiger partial charge in [-0.1, -0.05) is 32.0 Å². The first-order chi connectivity index (χ1) is 14.0. The van der Waals surface area contributed by atoms with Crippen LogP contribution in [0.4, 0.5) is 5.69 Å². The van der Waals surface area contributed by atoms with E-state index in [0.29, 0.717) is 30.5 Å². The molecule has 7 nitrogen and oxygen atoms in total. The number of benzene rings is 2. The predicted molar refractivity (Wildman–Crippen MR) is 132 cm³/mol. The lowest BCUT2D eigenvalue weighted by Crippen LogP contribution is -2.36. The molecule has 164 valence electrons. The van der Waals surface area contributed by atoms with Gasteiger partial charge in [-0.2, -0.15) is 0 Å². The second-order valence-electron chi connectivity index (χ2n) is 6.81. The van der Waals surface area contributed by atoms with Crippen molar-refractivity contribution in [1.82, 2.24) is 10.6 Å². The van der Waals surface area contributed by atoms with Gasteiger partial charge >= 0.3 is 0 Å². The lowest BCUT2D eigenvalue weighted by atomic mass is 10.1. The van der Waals surface area contributed by atoms with E-state index in [1.807, 2.05) is 56.3 Å². The number of halogens is 1. The highest BCUT2D eigenvalue weighted by Crippen LogP contribution is 2.27. The number of carbonyl (C=O) groups excluding carboxylic acids is 1. The summed E-state index contributed by atoms with van der Waals surface area (Å²) in [5, 5.41) is 9.45. The average molecular weight is 526 g/mol. The fourth-order valence-corrected chi connectivity index (χ4v) is 2.58. The Balaban J connectivity index is 0.00000450. The van der Waals surface area contributed by atoms with E-state index in [1.165, 1.54) is 0 Å². The lowest BCUT2D eigenvalue weighted by molar-refractivity contribution is -0.118. The molecule has 0 aliphatic heterocycles. The number of anilines is 1. The molecule has 0 fully saturated rings. The number of carbonyl (C=O) groups is 1. The number of hydrogen-bond acceptors (Lipinski definition) is 4. The zero-order chi connectivity index (χ0) is 21.2. The van der Waals surface area contributed by atoms with Crippen LogP contribution in [-0.4, -0.2) is 33.1 Å². The minimum atomic E-state index is -0.0450. The van der Waals surface area contributed by atoms with Crippen LogP contribution in [0.5, 0.6) is 11.5 Å². The molecular weight excluding hydrogens is 495 g/mol. The molecule has 0 bridgehead atoms. The highest BCUT2D eigenvalue weighted by Gasteiger charge is 2.07. The van der Waals surface area contributed by atoms with E-state index in [-0.39, 0.29) is 35.8 Å². The Bertz CT molecular complexity index is 839. The van der Waals surface area contributed by atoms with Crippen molar-refractivity contribution in [1.29, 1.82) is 0 Å². The molecule has 0 saturated heterocycles. The fourth-order valence-electron chi connectivity index (χ4n) is 2.58. The Hall–Kier alpha value is -2.49. The number of nitrogens with zero attached hydrogens (tertiary/aromatic N) is 1. The molecule has 0 heterocycles. The second-order valence-corrected chi connectivity index (χ2v) is 6.81. The molecule has 0 aromatic heterocycles. The molecular formula is C22H31IN4O3. The number of amides is 1. The zero-order valence-corrected chi connectivity index (χ0v) is 20.4. The molecule has 2 rings (SSSR count). The van der Waals surface area contributed by atoms with Gasteiger partial charge in [0.1, 0.15) is 0 Å². The molecule has 1 amide bonds. The first-order valence-electron chi connectivity index (χ1n) is 9.52. The van der Waals surface area contributed by atoms with Crippen molar-refractivity contribution >= 4 is 41.5 Å². The molecule has 0 aliphatic rings. The van der Waals surface area contributed by atoms with Gasteiger partial charge < -0.3 is 25.4 Å². The Morgan fingerprint density at radius 2 is 1.50 bits per heavy atom. The SMILES string of the molecule is CN=C(NCc1ccc(NC(=O)C(C)C)cc1)NCc1ccc(OC)c(OC)c1.I. The molecule has 0 atom stereocenters. The van der Waals surface area contributed by atoms with E-state index in [0.717, 1.165) is 16.8 Å². The summed E-state index contributed by atoms with van der Waals surface area (Å²) in [6.45, 7) is 4.95. The number of guanidine groups is 1. The van der Waals surface area contributed by atoms with E-state index in [1.54, 1.807) is 21.3 Å². The summed E-state index contributed by atoms with van der Waals surface area (Å²) in [6, 6.07) is 13.5. The molecule has 0 saturated carbocycles. The third kappa shape index (κ3) is 7.74. The number of aliphatic imine (C=N–C) groups is 1. The van der Waals surface area contributed by atoms with Crippen molar-refractivity contribution in [2.45, 2.75) is 26.9 Å². The monoisotopic (exact) mass is 526 g/mol. The van der Waals surface area contributed by atoms with Crippen molar-refractivity contribution in [3.05, 3.63) is 53.6 Å². The zero-order valence-electron chi connectivity index (χ0n) is 18.1. The Labute approximate surface area is 195 Å². The van der Waals surface area contributed by atoms with Crippen molar-refractivity contribution in [2.24, 2.45) is 10.9 Å². The van der Waals surface area contributed by atoms with Crippen molar-refractivity contribution in [3.8, 4) is 11.5 Å². The summed E-state index contributed by atoms with van der Waals surface area (Å²) >= 11 is 0. The van der Waals surface area contributed by atoms with Crippen LogP contribution in [0.3, 0.4) is 0 Å². The third-order valence-electron chi connectivity index (χ3n) is 4.34. The van der Waals surface area contributed by atoms with Gasteiger partial charge in [-0.3, -0.25) is 9.79 Å². The minimum Gasteiger partial charge on any atom is -0.493 e. The largest absolute Gasteiger partial charge is 0.493 e. The van der Waals surface area contributed by atoms with Crippen LogP contribution in [0.15, 0.2) is 47.5 Å². The smallest absolute Gasteiger partial charge is 0.226 e. The van der Waals surface area contributed by atoms with Gasteiger partial charge in [0, 0.05) is 31.7 Å². The summed E-state index contributed by atoms with van der Waals surface area (Å²) in [7, 11) is 4.97. The predicted octanol–water partition coefficient (Wildman–Crippen LogP) is 3.78. The van der Waals surface area contributed by atoms with Crippen LogP contribution in [0.1, 0.15) is 25.0 Å². The number of nitrogens with one attached hydrogen (secondary N) is 3. The van der Waals surface area contributed by atoms with Gasteiger partial charge in [-0.25, -0.2) is 0 Å². The van der Waals surface area contributed by atoms with E-state index >= 15 is 0 Å². The molecule has 3 N–H and O–H groups in total. The molecule has 8 heteroatoms. The summed E-state index contributed by atoms with van der Waals surface area (Å²) in [5.74, 6) is 2.05. The first-order valence-corrected chi connectivity index (χ1v) is 9.52. The number of rotatable bonds is 8. The maximum Gasteiger partial charge on any atom is 0.226 e. The van der Waals surface area contributed by atoms with Gasteiger partial charge in [0.2, 0.25) is 5.91 Å². The number of methoxy groups -OCH3 is 2. The van der Waals surface area contributed by atoms with Crippen molar-refractivity contribution in [2.75, 3.05) is 26.6 Å². The van der Waals surface area contributed by atoms with Crippen LogP contribution >= 0.6 is 24.0 Å². The maximum atomic E-state index is 11.8. The fraction of sp³-hybridized carbons (Fsp3) is 0.364. The van der Waals surface area contributed by atoms with Gasteiger partial charge in [0.05, 0.1) is 14.2 Å². The molecule has 2 aromatic carbocycles. The molecule has 0 radical (unpaired) electrons. The highest BCUT2D eigenvalue weighted by molar-refractivity contribution is 14.0. The van der Waals surface area contributed by atoms with Gasteiger partial charge in [-0.15, -0.1) is 24.0 Å². The highest BCUT2D eigenvalue weighted by atomic mass is 127. The van der Waals surface area contributed by atoms with Crippen LogP contribution < -0.4 is 25.4 Å². The Morgan fingerprint density at radius 1 is 0.933 bits per heavy atom. The van der Waals surface area contributed by atoms with Gasteiger partial charge in [0.15, 0.2) is 17.5 Å². The molecule has 0 unspecified atom stereocenters. The van der Waals surface area contributed by atoms with E-state index < -0.39 is 0 Å². The van der Waals surface area contributed by atoms with E-state index in [4.69, 9.17) is 9.47 Å². The van der Waals surface area contributed by atoms with Crippen LogP contribution in [0.2, 0.25) is 0 Å². The maximum absolute atomic E-state index is 11.8. The lowest BCUT2D eigenvalue weighted by Gasteiger charge is -2.14. The summed E-state index contributed by atoms with van der Waals surface area (Å²) in [5.41, 5.74) is 2.93. The Kier molecular flexibility index (Phi) is 11.0. The molecule has 30 heavy (non-hydrogen) atoms. The number of hydrogen-bond donors (Lipinski definition) is 3. The summed E-state index contributed by atoms with van der Waals surface area (Å²) in [6.07, 6.45) is 0. The van der Waals surface area contributed by atoms with Crippen molar-refractivity contribution < 1.29 is 14.3 Å². The minimum absolute atomic E-state index is 0. The average Bonchev–Trinajstić information content (AvgIpc) is 2.74. The topological polar surface area (TPSA) is 84.0 Å². The first kappa shape index (κ1) is 25.5. The quantitative estimate of drug-likeness (QED) is 0.277. The molecule has 0 spiro atoms. The van der Waals surface area contributed by atoms with Gasteiger partial charge in [0.25, 0.3) is 0 Å². The summed E-state index contributed by atoms with van der Waals surface area (Å²) in [4.78, 5) is 16.0. The standard InChI is InChI=1S/C22H30N4O3.HI/c1-15(2)21(27)26-18-9-6-16(7-10-18)13-24-22(23-3)25-14-17-8-11-19(28-4)20(12-17)29-5;/h6-12,15H,13-14H2,1-5H3,(H,26,27)(H2,23,24,25);1H. The van der Waals surface area contributed by atoms with E-state index in [2.05, 4.69) is 20.9 Å². The molecule has 0 aliphatic carbocycles. The summed E-state index contributed by atoms with van der Waals surface area (Å²) < 4.78 is 10.6. The molecule has 2 aromatic rings. The number of ether oxygens (including phenoxy) is 2. The van der Waals surface area contributed by atoms with Gasteiger partial charge in [-0.05, 0) is 35.4 Å². The van der Waals surface area contributed by atoms with Crippen LogP contribution in [0.25, 0.3) is 0 Å². The van der Waals surface area contributed by atoms with E-state index in [9.17, 15) is 4.79 Å². The third-order valence-corrected chi connectivity index (χ3v) is 4.34. The van der Waals surface area contributed by atoms with Crippen LogP contribution in [-0.2, 0) is 17.9 Å². The van der Waals surface area contributed by atoms with Crippen LogP contribution in [0, 0.1) is 5.92 Å².